The van der Waals surface area contributed by atoms with Crippen LogP contribution in [0.25, 0.3) is 11.8 Å². The number of carbonyl (C=O) groups excluding carboxylic acids is 2. The lowest BCUT2D eigenvalue weighted by Crippen LogP contribution is -2.09. The molecule has 0 aliphatic heterocycles. The molecule has 3 aromatic rings. The molecule has 2 aromatic heterocycles. The lowest BCUT2D eigenvalue weighted by atomic mass is 10.2. The molecule has 0 bridgehead atoms. The van der Waals surface area contributed by atoms with E-state index in [1.807, 2.05) is 0 Å². The summed E-state index contributed by atoms with van der Waals surface area (Å²) in [6.07, 6.45) is 2.91. The topological polar surface area (TPSA) is 86.1 Å². The number of rotatable bonds is 7. The fourth-order valence-electron chi connectivity index (χ4n) is 2.57. The predicted molar refractivity (Wildman–Crippen MR) is 113 cm³/mol. The van der Waals surface area contributed by atoms with Crippen LogP contribution in [0.1, 0.15) is 23.9 Å². The number of halogens is 2. The summed E-state index contributed by atoms with van der Waals surface area (Å²) in [5.74, 6) is -1.14. The third kappa shape index (κ3) is 5.31. The second-order valence-corrected chi connectivity index (χ2v) is 7.34. The Morgan fingerprint density at radius 1 is 1.33 bits per heavy atom. The molecule has 0 unspecified atom stereocenters. The summed E-state index contributed by atoms with van der Waals surface area (Å²) in [5, 5.41) is 9.34. The Morgan fingerprint density at radius 3 is 2.77 bits per heavy atom. The van der Waals surface area contributed by atoms with Crippen molar-refractivity contribution in [2.45, 2.75) is 20.3 Å². The number of aromatic nitrogens is 3. The third-order valence-corrected chi connectivity index (χ3v) is 5.10. The Morgan fingerprint density at radius 2 is 2.07 bits per heavy atom. The molecule has 0 aliphatic carbocycles. The fourth-order valence-corrected chi connectivity index (χ4v) is 3.61. The van der Waals surface area contributed by atoms with Crippen molar-refractivity contribution in [3.05, 3.63) is 63.6 Å². The first-order valence-corrected chi connectivity index (χ1v) is 10.2. The molecular weight excluding hydrogens is 431 g/mol. The quantitative estimate of drug-likeness (QED) is 0.432. The standard InChI is InChI=1S/C20H18ClFN4O3S/c1-3-29-18(28)10-14-11-30-20(23-14)24-17(27)9-8-16-12(2)25-26(19(16)21)15-6-4-13(22)5-7-15/h4-9,11H,3,10H2,1-2H3,(H,23,24,27)/b9-8+. The molecular formula is C20H18ClFN4O3S. The van der Waals surface area contributed by atoms with Crippen molar-refractivity contribution in [2.75, 3.05) is 11.9 Å². The van der Waals surface area contributed by atoms with Crippen LogP contribution in [0.4, 0.5) is 9.52 Å². The maximum Gasteiger partial charge on any atom is 0.311 e. The number of anilines is 1. The van der Waals surface area contributed by atoms with Crippen molar-refractivity contribution in [1.82, 2.24) is 14.8 Å². The first-order chi connectivity index (χ1) is 14.4. The van der Waals surface area contributed by atoms with E-state index in [4.69, 9.17) is 16.3 Å². The van der Waals surface area contributed by atoms with Crippen LogP contribution in [0.2, 0.25) is 5.15 Å². The number of thiazole rings is 1. The summed E-state index contributed by atoms with van der Waals surface area (Å²) in [6, 6.07) is 5.75. The minimum atomic E-state index is -0.406. The molecule has 0 saturated carbocycles. The first kappa shape index (κ1) is 21.7. The van der Waals surface area contributed by atoms with E-state index in [0.29, 0.717) is 39.5 Å². The molecule has 1 N–H and O–H groups in total. The Kier molecular flexibility index (Phi) is 6.96. The average molecular weight is 449 g/mol. The van der Waals surface area contributed by atoms with Crippen LogP contribution in [0.3, 0.4) is 0 Å². The van der Waals surface area contributed by atoms with Crippen LogP contribution in [0, 0.1) is 12.7 Å². The number of nitrogens with zero attached hydrogens (tertiary/aromatic N) is 3. The number of hydrogen-bond donors (Lipinski definition) is 1. The fraction of sp³-hybridized carbons (Fsp3) is 0.200. The van der Waals surface area contributed by atoms with Gasteiger partial charge in [-0.2, -0.15) is 5.10 Å². The number of hydrogen-bond acceptors (Lipinski definition) is 6. The van der Waals surface area contributed by atoms with Gasteiger partial charge in [0.05, 0.1) is 30.1 Å². The molecule has 0 aliphatic rings. The van der Waals surface area contributed by atoms with E-state index in [1.54, 1.807) is 37.4 Å². The van der Waals surface area contributed by atoms with Crippen molar-refractivity contribution in [3.8, 4) is 5.69 Å². The SMILES string of the molecule is CCOC(=O)Cc1csc(NC(=O)/C=C/c2c(C)nn(-c3ccc(F)cc3)c2Cl)n1. The second kappa shape index (κ2) is 9.64. The number of benzene rings is 1. The van der Waals surface area contributed by atoms with Gasteiger partial charge in [0.25, 0.3) is 0 Å². The molecule has 7 nitrogen and oxygen atoms in total. The largest absolute Gasteiger partial charge is 0.466 e. The van der Waals surface area contributed by atoms with Crippen molar-refractivity contribution < 1.29 is 18.7 Å². The van der Waals surface area contributed by atoms with Gasteiger partial charge in [-0.05, 0) is 44.2 Å². The molecule has 0 fully saturated rings. The van der Waals surface area contributed by atoms with E-state index in [0.717, 1.165) is 0 Å². The number of aryl methyl sites for hydroxylation is 1. The summed E-state index contributed by atoms with van der Waals surface area (Å²) in [4.78, 5) is 27.9. The Balaban J connectivity index is 1.67. The Bertz CT molecular complexity index is 1090. The number of ether oxygens (including phenoxy) is 1. The van der Waals surface area contributed by atoms with Crippen LogP contribution < -0.4 is 5.32 Å². The minimum Gasteiger partial charge on any atom is -0.466 e. The van der Waals surface area contributed by atoms with Gasteiger partial charge in [0.1, 0.15) is 11.0 Å². The van der Waals surface area contributed by atoms with Crippen LogP contribution in [0.5, 0.6) is 0 Å². The zero-order chi connectivity index (χ0) is 21.7. The van der Waals surface area contributed by atoms with Crippen molar-refractivity contribution in [1.29, 1.82) is 0 Å². The zero-order valence-corrected chi connectivity index (χ0v) is 17.8. The van der Waals surface area contributed by atoms with Crippen LogP contribution in [-0.4, -0.2) is 33.2 Å². The number of nitrogens with one attached hydrogen (secondary N) is 1. The number of esters is 1. The van der Waals surface area contributed by atoms with Gasteiger partial charge in [0.15, 0.2) is 5.13 Å². The lowest BCUT2D eigenvalue weighted by molar-refractivity contribution is -0.142. The lowest BCUT2D eigenvalue weighted by Gasteiger charge is -2.02. The molecule has 0 atom stereocenters. The smallest absolute Gasteiger partial charge is 0.311 e. The molecule has 1 aromatic carbocycles. The molecule has 3 rings (SSSR count). The highest BCUT2D eigenvalue weighted by molar-refractivity contribution is 7.14. The van der Waals surface area contributed by atoms with Crippen molar-refractivity contribution in [3.63, 3.8) is 0 Å². The molecule has 10 heteroatoms. The molecule has 156 valence electrons. The highest BCUT2D eigenvalue weighted by atomic mass is 35.5. The van der Waals surface area contributed by atoms with Gasteiger partial charge in [0.2, 0.25) is 5.91 Å². The van der Waals surface area contributed by atoms with E-state index in [2.05, 4.69) is 15.4 Å². The first-order valence-electron chi connectivity index (χ1n) is 8.97. The summed E-state index contributed by atoms with van der Waals surface area (Å²) in [7, 11) is 0. The van der Waals surface area contributed by atoms with E-state index >= 15 is 0 Å². The third-order valence-electron chi connectivity index (χ3n) is 3.93. The normalized spacial score (nSPS) is 11.1. The maximum atomic E-state index is 13.1. The van der Waals surface area contributed by atoms with E-state index in [1.165, 1.54) is 34.2 Å². The van der Waals surface area contributed by atoms with Crippen LogP contribution in [0.15, 0.2) is 35.7 Å². The van der Waals surface area contributed by atoms with Gasteiger partial charge in [-0.3, -0.25) is 14.9 Å². The second-order valence-electron chi connectivity index (χ2n) is 6.13. The zero-order valence-electron chi connectivity index (χ0n) is 16.2. The van der Waals surface area contributed by atoms with E-state index in [9.17, 15) is 14.0 Å². The molecule has 1 amide bonds. The van der Waals surface area contributed by atoms with Crippen molar-refractivity contribution >= 4 is 46.0 Å². The van der Waals surface area contributed by atoms with Gasteiger partial charge in [-0.25, -0.2) is 14.1 Å². The molecule has 0 radical (unpaired) electrons. The Hall–Kier alpha value is -3.04. The maximum absolute atomic E-state index is 13.1. The van der Waals surface area contributed by atoms with E-state index in [-0.39, 0.29) is 18.2 Å². The minimum absolute atomic E-state index is 0.0490. The van der Waals surface area contributed by atoms with Gasteiger partial charge >= 0.3 is 5.97 Å². The van der Waals surface area contributed by atoms with Gasteiger partial charge in [-0.15, -0.1) is 11.3 Å². The van der Waals surface area contributed by atoms with Gasteiger partial charge in [0, 0.05) is 17.0 Å². The number of amides is 1. The highest BCUT2D eigenvalue weighted by Gasteiger charge is 2.14. The van der Waals surface area contributed by atoms with E-state index < -0.39 is 5.91 Å². The monoisotopic (exact) mass is 448 g/mol. The molecule has 0 saturated heterocycles. The highest BCUT2D eigenvalue weighted by Crippen LogP contribution is 2.25. The summed E-state index contributed by atoms with van der Waals surface area (Å²) >= 11 is 7.61. The summed E-state index contributed by atoms with van der Waals surface area (Å²) in [5.41, 5.74) is 2.31. The molecule has 2 heterocycles. The predicted octanol–water partition coefficient (Wildman–Crippen LogP) is 4.19. The summed E-state index contributed by atoms with van der Waals surface area (Å²) in [6.45, 7) is 3.79. The van der Waals surface area contributed by atoms with Crippen molar-refractivity contribution in [2.24, 2.45) is 0 Å². The Labute approximate surface area is 181 Å². The summed E-state index contributed by atoms with van der Waals surface area (Å²) < 4.78 is 19.5. The number of carbonyl (C=O) groups is 2. The van der Waals surface area contributed by atoms with Crippen LogP contribution in [-0.2, 0) is 20.7 Å². The van der Waals surface area contributed by atoms with Gasteiger partial charge in [-0.1, -0.05) is 11.6 Å². The average Bonchev–Trinajstić information content (AvgIpc) is 3.24. The van der Waals surface area contributed by atoms with Gasteiger partial charge < -0.3 is 4.74 Å². The molecule has 30 heavy (non-hydrogen) atoms. The van der Waals surface area contributed by atoms with Crippen LogP contribution >= 0.6 is 22.9 Å². The molecule has 0 spiro atoms.